The van der Waals surface area contributed by atoms with Crippen molar-refractivity contribution in [1.82, 2.24) is 30.4 Å². The van der Waals surface area contributed by atoms with Crippen LogP contribution in [0, 0.1) is 6.92 Å². The van der Waals surface area contributed by atoms with E-state index in [1.54, 1.807) is 12.4 Å². The molecule has 27 heavy (non-hydrogen) atoms. The highest BCUT2D eigenvalue weighted by Gasteiger charge is 2.24. The molecule has 1 saturated heterocycles. The lowest BCUT2D eigenvalue weighted by atomic mass is 10.0. The first-order valence-corrected chi connectivity index (χ1v) is 9.41. The van der Waals surface area contributed by atoms with Gasteiger partial charge in [-0.1, -0.05) is 29.8 Å². The zero-order chi connectivity index (χ0) is 18.6. The number of aromatic nitrogens is 4. The smallest absolute Gasteiger partial charge is 0.224 e. The van der Waals surface area contributed by atoms with Gasteiger partial charge in [0.25, 0.3) is 0 Å². The average Bonchev–Trinajstić information content (AvgIpc) is 3.30. The SMILES string of the molecule is Cc1cccc(CC(=O)NCCn2nc([C@H]3CCNC3)c3nccnc32)c1. The summed E-state index contributed by atoms with van der Waals surface area (Å²) in [6.07, 6.45) is 4.85. The Hall–Kier alpha value is -2.80. The molecule has 1 aliphatic heterocycles. The third-order valence-electron chi connectivity index (χ3n) is 4.93. The van der Waals surface area contributed by atoms with Gasteiger partial charge in [-0.25, -0.2) is 14.6 Å². The Morgan fingerprint density at radius 1 is 1.33 bits per heavy atom. The molecule has 0 bridgehead atoms. The van der Waals surface area contributed by atoms with E-state index in [9.17, 15) is 4.79 Å². The van der Waals surface area contributed by atoms with Gasteiger partial charge in [0, 0.05) is 31.4 Å². The predicted molar refractivity (Wildman–Crippen MR) is 103 cm³/mol. The van der Waals surface area contributed by atoms with Gasteiger partial charge in [0.15, 0.2) is 5.65 Å². The second kappa shape index (κ2) is 7.84. The van der Waals surface area contributed by atoms with E-state index in [1.165, 1.54) is 0 Å². The van der Waals surface area contributed by atoms with Crippen LogP contribution >= 0.6 is 0 Å². The number of rotatable bonds is 6. The monoisotopic (exact) mass is 364 g/mol. The predicted octanol–water partition coefficient (Wildman–Crippen LogP) is 1.57. The first-order chi connectivity index (χ1) is 13.2. The van der Waals surface area contributed by atoms with Crippen molar-refractivity contribution in [1.29, 1.82) is 0 Å². The minimum atomic E-state index is 0.0170. The number of carbonyl (C=O) groups is 1. The van der Waals surface area contributed by atoms with Crippen molar-refractivity contribution in [2.24, 2.45) is 0 Å². The third kappa shape index (κ3) is 3.98. The molecule has 2 N–H and O–H groups in total. The van der Waals surface area contributed by atoms with Crippen molar-refractivity contribution in [2.45, 2.75) is 32.2 Å². The molecule has 3 aromatic rings. The van der Waals surface area contributed by atoms with Crippen molar-refractivity contribution >= 4 is 17.1 Å². The zero-order valence-corrected chi connectivity index (χ0v) is 15.5. The molecule has 1 fully saturated rings. The van der Waals surface area contributed by atoms with E-state index in [0.29, 0.717) is 25.4 Å². The van der Waals surface area contributed by atoms with Gasteiger partial charge in [-0.3, -0.25) is 4.79 Å². The van der Waals surface area contributed by atoms with Crippen LogP contribution in [0.5, 0.6) is 0 Å². The fraction of sp³-hybridized carbons (Fsp3) is 0.400. The molecule has 1 aromatic carbocycles. The van der Waals surface area contributed by atoms with Gasteiger partial charge in [0.2, 0.25) is 5.91 Å². The minimum absolute atomic E-state index is 0.0170. The van der Waals surface area contributed by atoms with Gasteiger partial charge in [-0.2, -0.15) is 5.10 Å². The van der Waals surface area contributed by atoms with Crippen LogP contribution in [0.2, 0.25) is 0 Å². The van der Waals surface area contributed by atoms with Crippen LogP contribution in [0.3, 0.4) is 0 Å². The summed E-state index contributed by atoms with van der Waals surface area (Å²) in [7, 11) is 0. The molecule has 4 rings (SSSR count). The summed E-state index contributed by atoms with van der Waals surface area (Å²) in [5.41, 5.74) is 4.86. The highest BCUT2D eigenvalue weighted by atomic mass is 16.1. The summed E-state index contributed by atoms with van der Waals surface area (Å²) in [4.78, 5) is 21.2. The molecule has 2 aromatic heterocycles. The topological polar surface area (TPSA) is 84.7 Å². The maximum atomic E-state index is 12.2. The van der Waals surface area contributed by atoms with Crippen LogP contribution in [-0.4, -0.2) is 45.3 Å². The normalized spacial score (nSPS) is 16.7. The number of amides is 1. The van der Waals surface area contributed by atoms with Crippen LogP contribution in [0.4, 0.5) is 0 Å². The minimum Gasteiger partial charge on any atom is -0.354 e. The third-order valence-corrected chi connectivity index (χ3v) is 4.93. The van der Waals surface area contributed by atoms with Crippen LogP contribution in [0.25, 0.3) is 11.2 Å². The average molecular weight is 364 g/mol. The number of hydrogen-bond acceptors (Lipinski definition) is 5. The van der Waals surface area contributed by atoms with Crippen LogP contribution in [-0.2, 0) is 17.8 Å². The maximum Gasteiger partial charge on any atom is 0.224 e. The van der Waals surface area contributed by atoms with Crippen molar-refractivity contribution < 1.29 is 4.79 Å². The Balaban J connectivity index is 1.41. The molecule has 0 radical (unpaired) electrons. The molecule has 1 atom stereocenters. The van der Waals surface area contributed by atoms with Crippen molar-refractivity contribution in [3.63, 3.8) is 0 Å². The van der Waals surface area contributed by atoms with E-state index in [-0.39, 0.29) is 5.91 Å². The summed E-state index contributed by atoms with van der Waals surface area (Å²) >= 11 is 0. The molecule has 0 unspecified atom stereocenters. The Bertz CT molecular complexity index is 945. The molecular weight excluding hydrogens is 340 g/mol. The maximum absolute atomic E-state index is 12.2. The van der Waals surface area contributed by atoms with Crippen molar-refractivity contribution in [3.8, 4) is 0 Å². The van der Waals surface area contributed by atoms with Gasteiger partial charge in [-0.15, -0.1) is 0 Å². The summed E-state index contributed by atoms with van der Waals surface area (Å²) in [6.45, 7) is 5.06. The van der Waals surface area contributed by atoms with Gasteiger partial charge in [0.1, 0.15) is 5.52 Å². The van der Waals surface area contributed by atoms with Crippen molar-refractivity contribution in [3.05, 3.63) is 53.5 Å². The standard InChI is InChI=1S/C20H24N6O/c1-14-3-2-4-15(11-14)12-17(27)22-9-10-26-20-19(23-7-8-24-20)18(25-26)16-5-6-21-13-16/h2-4,7-8,11,16,21H,5-6,9-10,12-13H2,1H3,(H,22,27)/t16-/m0/s1. The second-order valence-corrected chi connectivity index (χ2v) is 7.04. The molecule has 0 aliphatic carbocycles. The summed E-state index contributed by atoms with van der Waals surface area (Å²) in [6, 6.07) is 8.03. The van der Waals surface area contributed by atoms with Gasteiger partial charge in [-0.05, 0) is 25.5 Å². The van der Waals surface area contributed by atoms with E-state index in [4.69, 9.17) is 5.10 Å². The zero-order valence-electron chi connectivity index (χ0n) is 15.5. The number of hydrogen-bond donors (Lipinski definition) is 2. The molecule has 1 amide bonds. The van der Waals surface area contributed by atoms with Gasteiger partial charge in [0.05, 0.1) is 18.7 Å². The van der Waals surface area contributed by atoms with E-state index in [0.717, 1.165) is 47.5 Å². The number of nitrogens with zero attached hydrogens (tertiary/aromatic N) is 4. The van der Waals surface area contributed by atoms with E-state index in [2.05, 4.69) is 20.6 Å². The molecule has 7 nitrogen and oxygen atoms in total. The Morgan fingerprint density at radius 3 is 3.04 bits per heavy atom. The van der Waals surface area contributed by atoms with Gasteiger partial charge >= 0.3 is 0 Å². The quantitative estimate of drug-likeness (QED) is 0.694. The summed E-state index contributed by atoms with van der Waals surface area (Å²) < 4.78 is 1.86. The summed E-state index contributed by atoms with van der Waals surface area (Å²) in [5.74, 6) is 0.393. The first-order valence-electron chi connectivity index (χ1n) is 9.41. The fourth-order valence-electron chi connectivity index (χ4n) is 3.62. The van der Waals surface area contributed by atoms with E-state index < -0.39 is 0 Å². The highest BCUT2D eigenvalue weighted by molar-refractivity contribution is 5.78. The lowest BCUT2D eigenvalue weighted by Crippen LogP contribution is -2.29. The van der Waals surface area contributed by atoms with Crippen LogP contribution in [0.1, 0.15) is 29.2 Å². The van der Waals surface area contributed by atoms with E-state index >= 15 is 0 Å². The molecule has 3 heterocycles. The second-order valence-electron chi connectivity index (χ2n) is 7.04. The lowest BCUT2D eigenvalue weighted by Gasteiger charge is -2.07. The van der Waals surface area contributed by atoms with Crippen LogP contribution in [0.15, 0.2) is 36.7 Å². The lowest BCUT2D eigenvalue weighted by molar-refractivity contribution is -0.120. The Morgan fingerprint density at radius 2 is 2.22 bits per heavy atom. The Labute approximate surface area is 158 Å². The first kappa shape index (κ1) is 17.6. The molecule has 0 spiro atoms. The number of nitrogens with one attached hydrogen (secondary N) is 2. The molecule has 1 aliphatic rings. The number of fused-ring (bicyclic) bond motifs is 1. The molecule has 140 valence electrons. The Kier molecular flexibility index (Phi) is 5.11. The van der Waals surface area contributed by atoms with Gasteiger partial charge < -0.3 is 10.6 Å². The highest BCUT2D eigenvalue weighted by Crippen LogP contribution is 2.26. The van der Waals surface area contributed by atoms with E-state index in [1.807, 2.05) is 35.9 Å². The molecular formula is C20H24N6O. The molecule has 7 heteroatoms. The number of carbonyl (C=O) groups excluding carboxylic acids is 1. The number of aryl methyl sites for hydroxylation is 1. The van der Waals surface area contributed by atoms with Crippen LogP contribution < -0.4 is 10.6 Å². The number of benzene rings is 1. The largest absolute Gasteiger partial charge is 0.354 e. The molecule has 0 saturated carbocycles. The summed E-state index contributed by atoms with van der Waals surface area (Å²) in [5, 5.41) is 11.1. The fourth-order valence-corrected chi connectivity index (χ4v) is 3.62. The van der Waals surface area contributed by atoms with Crippen molar-refractivity contribution in [2.75, 3.05) is 19.6 Å².